The minimum absolute atomic E-state index is 0.196. The van der Waals surface area contributed by atoms with Crippen LogP contribution >= 0.6 is 43.5 Å². The van der Waals surface area contributed by atoms with Gasteiger partial charge >= 0.3 is 0 Å². The predicted octanol–water partition coefficient (Wildman–Crippen LogP) is 5.06. The van der Waals surface area contributed by atoms with E-state index in [1.807, 2.05) is 25.1 Å². The average Bonchev–Trinajstić information content (AvgIpc) is 2.49. The van der Waals surface area contributed by atoms with Gasteiger partial charge in [-0.05, 0) is 74.7 Å². The molecule has 118 valence electrons. The first-order valence-electron chi connectivity index (χ1n) is 6.48. The molecular weight excluding hydrogens is 447 g/mol. The standard InChI is InChI=1S/C16H11Br2ClN2O2/c1-9-4-11(17)16(12(18)5-9)21-15(22)8-23-14-3-2-10(7-20)6-13(14)19/h2-6H,8H2,1H3,(H,21,22). The number of nitriles is 1. The second-order valence-corrected chi connectivity index (χ2v) is 6.81. The van der Waals surface area contributed by atoms with Crippen LogP contribution in [0.1, 0.15) is 11.1 Å². The Kier molecular flexibility index (Phi) is 6.05. The van der Waals surface area contributed by atoms with Crippen molar-refractivity contribution in [2.24, 2.45) is 0 Å². The van der Waals surface area contributed by atoms with Gasteiger partial charge in [-0.3, -0.25) is 4.79 Å². The molecule has 2 rings (SSSR count). The zero-order valence-corrected chi connectivity index (χ0v) is 15.9. The van der Waals surface area contributed by atoms with Crippen molar-refractivity contribution in [3.63, 3.8) is 0 Å². The van der Waals surface area contributed by atoms with E-state index < -0.39 is 0 Å². The van der Waals surface area contributed by atoms with Crippen LogP contribution in [0.3, 0.4) is 0 Å². The van der Waals surface area contributed by atoms with Gasteiger partial charge in [-0.25, -0.2) is 0 Å². The molecule has 0 atom stereocenters. The fourth-order valence-corrected chi connectivity index (χ4v) is 3.67. The predicted molar refractivity (Wildman–Crippen MR) is 96.9 cm³/mol. The number of anilines is 1. The van der Waals surface area contributed by atoms with E-state index in [0.29, 0.717) is 17.0 Å². The number of carbonyl (C=O) groups is 1. The number of halogens is 3. The lowest BCUT2D eigenvalue weighted by atomic mass is 10.2. The van der Waals surface area contributed by atoms with Crippen LogP contribution < -0.4 is 10.1 Å². The number of hydrogen-bond acceptors (Lipinski definition) is 3. The number of nitrogens with zero attached hydrogens (tertiary/aromatic N) is 1. The molecule has 0 aromatic heterocycles. The number of rotatable bonds is 4. The summed E-state index contributed by atoms with van der Waals surface area (Å²) in [6, 6.07) is 10.4. The van der Waals surface area contributed by atoms with E-state index in [2.05, 4.69) is 37.2 Å². The van der Waals surface area contributed by atoms with E-state index in [9.17, 15) is 4.79 Å². The molecule has 7 heteroatoms. The Bertz CT molecular complexity index is 780. The summed E-state index contributed by atoms with van der Waals surface area (Å²) in [5.41, 5.74) is 2.12. The number of benzene rings is 2. The molecule has 0 aliphatic heterocycles. The second-order valence-electron chi connectivity index (χ2n) is 4.70. The van der Waals surface area contributed by atoms with E-state index >= 15 is 0 Å². The van der Waals surface area contributed by atoms with Crippen LogP contribution in [0.4, 0.5) is 5.69 Å². The highest BCUT2D eigenvalue weighted by Gasteiger charge is 2.12. The fourth-order valence-electron chi connectivity index (χ4n) is 1.83. The molecule has 2 aromatic carbocycles. The summed E-state index contributed by atoms with van der Waals surface area (Å²) in [6.45, 7) is 1.76. The Balaban J connectivity index is 2.03. The smallest absolute Gasteiger partial charge is 0.262 e. The Morgan fingerprint density at radius 1 is 1.30 bits per heavy atom. The molecule has 1 N–H and O–H groups in total. The summed E-state index contributed by atoms with van der Waals surface area (Å²) in [7, 11) is 0. The van der Waals surface area contributed by atoms with E-state index in [1.165, 1.54) is 6.07 Å². The number of amides is 1. The molecule has 23 heavy (non-hydrogen) atoms. The molecule has 0 heterocycles. The van der Waals surface area contributed by atoms with Crippen LogP contribution in [-0.2, 0) is 4.79 Å². The van der Waals surface area contributed by atoms with Crippen LogP contribution in [0.15, 0.2) is 39.3 Å². The van der Waals surface area contributed by atoms with Crippen molar-refractivity contribution in [2.45, 2.75) is 6.92 Å². The topological polar surface area (TPSA) is 62.1 Å². The third-order valence-corrected chi connectivity index (χ3v) is 4.42. The van der Waals surface area contributed by atoms with Gasteiger partial charge in [0.15, 0.2) is 6.61 Å². The third-order valence-electron chi connectivity index (χ3n) is 2.87. The van der Waals surface area contributed by atoms with Crippen molar-refractivity contribution >= 4 is 55.1 Å². The minimum Gasteiger partial charge on any atom is -0.482 e. The van der Waals surface area contributed by atoms with Crippen molar-refractivity contribution in [1.29, 1.82) is 5.26 Å². The van der Waals surface area contributed by atoms with Crippen molar-refractivity contribution in [3.8, 4) is 11.8 Å². The fraction of sp³-hybridized carbons (Fsp3) is 0.125. The minimum atomic E-state index is -0.323. The van der Waals surface area contributed by atoms with Gasteiger partial charge in [-0.1, -0.05) is 11.6 Å². The number of carbonyl (C=O) groups excluding carboxylic acids is 1. The van der Waals surface area contributed by atoms with Gasteiger partial charge in [-0.15, -0.1) is 0 Å². The molecule has 0 spiro atoms. The third kappa shape index (κ3) is 4.71. The van der Waals surface area contributed by atoms with Crippen LogP contribution in [-0.4, -0.2) is 12.5 Å². The Labute approximate surface area is 155 Å². The summed E-state index contributed by atoms with van der Waals surface area (Å²) in [5.74, 6) is 0.0264. The lowest BCUT2D eigenvalue weighted by Gasteiger charge is -2.12. The Morgan fingerprint density at radius 3 is 2.52 bits per heavy atom. The quantitative estimate of drug-likeness (QED) is 0.697. The molecular formula is C16H11Br2ClN2O2. The zero-order chi connectivity index (χ0) is 17.0. The van der Waals surface area contributed by atoms with Crippen LogP contribution in [0.5, 0.6) is 5.75 Å². The molecule has 0 saturated heterocycles. The number of nitrogens with one attached hydrogen (secondary N) is 1. The maximum absolute atomic E-state index is 12.0. The monoisotopic (exact) mass is 456 g/mol. The summed E-state index contributed by atoms with van der Waals surface area (Å²) in [5, 5.41) is 11.8. The Hall–Kier alpha value is -1.55. The highest BCUT2D eigenvalue weighted by molar-refractivity contribution is 9.11. The lowest BCUT2D eigenvalue weighted by molar-refractivity contribution is -0.118. The van der Waals surface area contributed by atoms with E-state index in [1.54, 1.807) is 12.1 Å². The van der Waals surface area contributed by atoms with Gasteiger partial charge in [0.25, 0.3) is 5.91 Å². The van der Waals surface area contributed by atoms with Gasteiger partial charge in [-0.2, -0.15) is 5.26 Å². The summed E-state index contributed by atoms with van der Waals surface area (Å²) >= 11 is 12.8. The largest absolute Gasteiger partial charge is 0.482 e. The first-order valence-corrected chi connectivity index (χ1v) is 8.45. The summed E-state index contributed by atoms with van der Waals surface area (Å²) in [6.07, 6.45) is 0. The molecule has 4 nitrogen and oxygen atoms in total. The number of ether oxygens (including phenoxy) is 1. The summed E-state index contributed by atoms with van der Waals surface area (Å²) < 4.78 is 6.93. The first-order chi connectivity index (χ1) is 10.9. The van der Waals surface area contributed by atoms with Crippen molar-refractivity contribution in [1.82, 2.24) is 0 Å². The average molecular weight is 459 g/mol. The van der Waals surface area contributed by atoms with E-state index in [-0.39, 0.29) is 17.5 Å². The molecule has 0 radical (unpaired) electrons. The maximum Gasteiger partial charge on any atom is 0.262 e. The first kappa shape index (κ1) is 17.8. The van der Waals surface area contributed by atoms with Crippen molar-refractivity contribution in [3.05, 3.63) is 55.4 Å². The highest BCUT2D eigenvalue weighted by Crippen LogP contribution is 2.32. The van der Waals surface area contributed by atoms with Crippen LogP contribution in [0, 0.1) is 18.3 Å². The summed E-state index contributed by atoms with van der Waals surface area (Å²) in [4.78, 5) is 12.0. The van der Waals surface area contributed by atoms with Gasteiger partial charge in [0, 0.05) is 8.95 Å². The number of aryl methyl sites for hydroxylation is 1. The van der Waals surface area contributed by atoms with Gasteiger partial charge < -0.3 is 10.1 Å². The highest BCUT2D eigenvalue weighted by atomic mass is 79.9. The molecule has 0 saturated carbocycles. The number of hydrogen-bond donors (Lipinski definition) is 1. The molecule has 0 bridgehead atoms. The molecule has 0 fully saturated rings. The lowest BCUT2D eigenvalue weighted by Crippen LogP contribution is -2.20. The maximum atomic E-state index is 12.0. The molecule has 0 unspecified atom stereocenters. The van der Waals surface area contributed by atoms with Crippen molar-refractivity contribution < 1.29 is 9.53 Å². The molecule has 0 aliphatic carbocycles. The van der Waals surface area contributed by atoms with Gasteiger partial charge in [0.1, 0.15) is 5.75 Å². The molecule has 1 amide bonds. The molecule has 0 aliphatic rings. The normalized spacial score (nSPS) is 10.0. The SMILES string of the molecule is Cc1cc(Br)c(NC(=O)COc2ccc(C#N)cc2Cl)c(Br)c1. The van der Waals surface area contributed by atoms with Crippen molar-refractivity contribution in [2.75, 3.05) is 11.9 Å². The van der Waals surface area contributed by atoms with E-state index in [4.69, 9.17) is 21.6 Å². The van der Waals surface area contributed by atoms with Gasteiger partial charge in [0.2, 0.25) is 0 Å². The molecule has 2 aromatic rings. The Morgan fingerprint density at radius 2 is 1.96 bits per heavy atom. The van der Waals surface area contributed by atoms with Crippen LogP contribution in [0.25, 0.3) is 0 Å². The zero-order valence-electron chi connectivity index (χ0n) is 12.0. The van der Waals surface area contributed by atoms with E-state index in [0.717, 1.165) is 14.5 Å². The van der Waals surface area contributed by atoms with Gasteiger partial charge in [0.05, 0.1) is 22.3 Å². The van der Waals surface area contributed by atoms with Crippen LogP contribution in [0.2, 0.25) is 5.02 Å². The second kappa shape index (κ2) is 7.82.